The topological polar surface area (TPSA) is 75.2 Å². The summed E-state index contributed by atoms with van der Waals surface area (Å²) in [5.74, 6) is 1.43. The highest BCUT2D eigenvalue weighted by Gasteiger charge is 2.28. The second kappa shape index (κ2) is 6.27. The molecule has 6 nitrogen and oxygen atoms in total. The third kappa shape index (κ3) is 3.91. The first-order chi connectivity index (χ1) is 10.1. The van der Waals surface area contributed by atoms with E-state index in [2.05, 4.69) is 20.2 Å². The number of rotatable bonds is 3. The second-order valence-electron chi connectivity index (χ2n) is 5.93. The van der Waals surface area contributed by atoms with Gasteiger partial charge in [0, 0.05) is 37.6 Å². The zero-order chi connectivity index (χ0) is 14.7. The second-order valence-corrected chi connectivity index (χ2v) is 8.23. The van der Waals surface area contributed by atoms with Crippen molar-refractivity contribution in [3.8, 4) is 0 Å². The zero-order valence-corrected chi connectivity index (χ0v) is 12.9. The molecule has 1 aromatic rings. The molecule has 1 aromatic heterocycles. The van der Waals surface area contributed by atoms with Crippen LogP contribution in [-0.4, -0.2) is 55.1 Å². The number of aromatic nitrogens is 2. The molecule has 3 rings (SSSR count). The van der Waals surface area contributed by atoms with E-state index in [1.807, 2.05) is 6.07 Å². The molecule has 1 unspecified atom stereocenters. The largest absolute Gasteiger partial charge is 0.339 e. The Morgan fingerprint density at radius 2 is 1.81 bits per heavy atom. The van der Waals surface area contributed by atoms with Crippen LogP contribution in [0, 0.1) is 0 Å². The number of nitrogens with zero attached hydrogens (tertiary/aromatic N) is 3. The van der Waals surface area contributed by atoms with E-state index in [0.29, 0.717) is 23.6 Å². The smallest absolute Gasteiger partial charge is 0.225 e. The molecule has 116 valence electrons. The molecule has 2 fully saturated rings. The van der Waals surface area contributed by atoms with E-state index in [4.69, 9.17) is 0 Å². The summed E-state index contributed by atoms with van der Waals surface area (Å²) in [6.45, 7) is 1.88. The lowest BCUT2D eigenvalue weighted by Gasteiger charge is -2.36. The average Bonchev–Trinajstić information content (AvgIpc) is 2.51. The summed E-state index contributed by atoms with van der Waals surface area (Å²) >= 11 is 0. The predicted octanol–water partition coefficient (Wildman–Crippen LogP) is 0.612. The minimum atomic E-state index is -2.78. The molecule has 2 aliphatic heterocycles. The lowest BCUT2D eigenvalue weighted by atomic mass is 10.0. The number of hydrogen-bond donors (Lipinski definition) is 1. The van der Waals surface area contributed by atoms with Crippen molar-refractivity contribution in [2.24, 2.45) is 0 Å². The molecule has 7 heteroatoms. The van der Waals surface area contributed by atoms with E-state index >= 15 is 0 Å². The van der Waals surface area contributed by atoms with Crippen molar-refractivity contribution in [2.75, 3.05) is 29.5 Å². The van der Waals surface area contributed by atoms with Gasteiger partial charge in [-0.2, -0.15) is 0 Å². The summed E-state index contributed by atoms with van der Waals surface area (Å²) in [4.78, 5) is 10.8. The van der Waals surface area contributed by atoms with Crippen LogP contribution in [0.15, 0.2) is 18.5 Å². The molecule has 2 aliphatic rings. The van der Waals surface area contributed by atoms with Crippen LogP contribution in [0.1, 0.15) is 25.7 Å². The standard InChI is InChI=1S/C14H22N4O2S/c19-21(20)9-4-12(5-10-21)17-13-3-1-8-18(11-13)14-15-6-2-7-16-14/h2,6-7,12-13,17H,1,3-5,8-11H2. The fourth-order valence-electron chi connectivity index (χ4n) is 3.14. The van der Waals surface area contributed by atoms with E-state index in [-0.39, 0.29) is 0 Å². The zero-order valence-electron chi connectivity index (χ0n) is 12.1. The Hall–Kier alpha value is -1.21. The van der Waals surface area contributed by atoms with Gasteiger partial charge in [-0.15, -0.1) is 0 Å². The normalized spacial score (nSPS) is 26.7. The molecule has 0 aliphatic carbocycles. The van der Waals surface area contributed by atoms with Gasteiger partial charge in [-0.25, -0.2) is 18.4 Å². The summed E-state index contributed by atoms with van der Waals surface area (Å²) < 4.78 is 22.9. The molecule has 0 bridgehead atoms. The van der Waals surface area contributed by atoms with E-state index in [1.165, 1.54) is 0 Å². The number of nitrogens with one attached hydrogen (secondary N) is 1. The maximum Gasteiger partial charge on any atom is 0.225 e. The third-order valence-electron chi connectivity index (χ3n) is 4.28. The molecule has 0 amide bonds. The molecule has 0 saturated carbocycles. The van der Waals surface area contributed by atoms with Gasteiger partial charge in [0.05, 0.1) is 11.5 Å². The number of anilines is 1. The Labute approximate surface area is 125 Å². The van der Waals surface area contributed by atoms with Crippen LogP contribution >= 0.6 is 0 Å². The minimum Gasteiger partial charge on any atom is -0.339 e. The van der Waals surface area contributed by atoms with Crippen LogP contribution in [0.3, 0.4) is 0 Å². The highest BCUT2D eigenvalue weighted by molar-refractivity contribution is 7.91. The van der Waals surface area contributed by atoms with Crippen molar-refractivity contribution in [2.45, 2.75) is 37.8 Å². The third-order valence-corrected chi connectivity index (χ3v) is 6.00. The van der Waals surface area contributed by atoms with Gasteiger partial charge in [0.15, 0.2) is 0 Å². The van der Waals surface area contributed by atoms with Gasteiger partial charge in [0.2, 0.25) is 5.95 Å². The van der Waals surface area contributed by atoms with Crippen molar-refractivity contribution in [3.05, 3.63) is 18.5 Å². The Bertz CT molecular complexity index is 550. The lowest BCUT2D eigenvalue weighted by molar-refractivity contribution is 0.354. The van der Waals surface area contributed by atoms with Crippen molar-refractivity contribution >= 4 is 15.8 Å². The molecule has 1 atom stereocenters. The van der Waals surface area contributed by atoms with Gasteiger partial charge in [-0.05, 0) is 31.7 Å². The SMILES string of the molecule is O=S1(=O)CCC(NC2CCCN(c3ncccn3)C2)CC1. The fraction of sp³-hybridized carbons (Fsp3) is 0.714. The van der Waals surface area contributed by atoms with Crippen LogP contribution in [0.25, 0.3) is 0 Å². The number of sulfone groups is 1. The molecule has 2 saturated heterocycles. The van der Waals surface area contributed by atoms with Gasteiger partial charge in [-0.3, -0.25) is 0 Å². The molecular formula is C14H22N4O2S. The quantitative estimate of drug-likeness (QED) is 0.882. The molecule has 0 spiro atoms. The maximum atomic E-state index is 11.5. The van der Waals surface area contributed by atoms with E-state index in [9.17, 15) is 8.42 Å². The molecule has 3 heterocycles. The van der Waals surface area contributed by atoms with Gasteiger partial charge in [-0.1, -0.05) is 0 Å². The number of hydrogen-bond acceptors (Lipinski definition) is 6. The highest BCUT2D eigenvalue weighted by Crippen LogP contribution is 2.18. The predicted molar refractivity (Wildman–Crippen MR) is 82.1 cm³/mol. The van der Waals surface area contributed by atoms with Gasteiger partial charge in [0.25, 0.3) is 0 Å². The van der Waals surface area contributed by atoms with Gasteiger partial charge < -0.3 is 10.2 Å². The van der Waals surface area contributed by atoms with Crippen LogP contribution in [0.4, 0.5) is 5.95 Å². The summed E-state index contributed by atoms with van der Waals surface area (Å²) in [6, 6.07) is 2.55. The summed E-state index contributed by atoms with van der Waals surface area (Å²) in [6.07, 6.45) is 7.26. The first-order valence-corrected chi connectivity index (χ1v) is 9.43. The van der Waals surface area contributed by atoms with Gasteiger partial charge >= 0.3 is 0 Å². The van der Waals surface area contributed by atoms with E-state index in [1.54, 1.807) is 12.4 Å². The Morgan fingerprint density at radius 1 is 1.10 bits per heavy atom. The Kier molecular flexibility index (Phi) is 4.40. The van der Waals surface area contributed by atoms with Crippen molar-refractivity contribution in [3.63, 3.8) is 0 Å². The lowest BCUT2D eigenvalue weighted by Crippen LogP contribution is -2.51. The van der Waals surface area contributed by atoms with Crippen LogP contribution in [0.5, 0.6) is 0 Å². The number of piperidine rings is 1. The monoisotopic (exact) mass is 310 g/mol. The van der Waals surface area contributed by atoms with E-state index < -0.39 is 9.84 Å². The average molecular weight is 310 g/mol. The van der Waals surface area contributed by atoms with Crippen LogP contribution < -0.4 is 10.2 Å². The van der Waals surface area contributed by atoms with Crippen LogP contribution in [0.2, 0.25) is 0 Å². The fourth-order valence-corrected chi connectivity index (χ4v) is 4.63. The molecular weight excluding hydrogens is 288 g/mol. The highest BCUT2D eigenvalue weighted by atomic mass is 32.2. The van der Waals surface area contributed by atoms with Crippen molar-refractivity contribution in [1.29, 1.82) is 0 Å². The van der Waals surface area contributed by atoms with E-state index in [0.717, 1.165) is 44.7 Å². The molecule has 21 heavy (non-hydrogen) atoms. The minimum absolute atomic E-state index is 0.322. The molecule has 0 aromatic carbocycles. The molecule has 0 radical (unpaired) electrons. The maximum absolute atomic E-state index is 11.5. The summed E-state index contributed by atoms with van der Waals surface area (Å²) in [5.41, 5.74) is 0. The summed E-state index contributed by atoms with van der Waals surface area (Å²) in [7, 11) is -2.78. The van der Waals surface area contributed by atoms with Crippen molar-refractivity contribution < 1.29 is 8.42 Å². The first kappa shape index (κ1) is 14.7. The Balaban J connectivity index is 1.55. The summed E-state index contributed by atoms with van der Waals surface area (Å²) in [5, 5.41) is 3.63. The van der Waals surface area contributed by atoms with Crippen LogP contribution in [-0.2, 0) is 9.84 Å². The first-order valence-electron chi connectivity index (χ1n) is 7.61. The molecule has 1 N–H and O–H groups in total. The Morgan fingerprint density at radius 3 is 2.52 bits per heavy atom. The van der Waals surface area contributed by atoms with Crippen molar-refractivity contribution in [1.82, 2.24) is 15.3 Å². The van der Waals surface area contributed by atoms with Gasteiger partial charge in [0.1, 0.15) is 9.84 Å².